The van der Waals surface area contributed by atoms with Gasteiger partial charge in [-0.3, -0.25) is 14.5 Å². The molecule has 140 valence electrons. The molecule has 1 fully saturated rings. The van der Waals surface area contributed by atoms with Crippen molar-refractivity contribution in [1.82, 2.24) is 10.2 Å². The Balaban J connectivity index is 1.77. The molecular formula is C18H14Cl2FN3O3. The Morgan fingerprint density at radius 3 is 2.48 bits per heavy atom. The van der Waals surface area contributed by atoms with E-state index in [0.717, 1.165) is 4.90 Å². The molecule has 2 aromatic carbocycles. The minimum atomic E-state index is -1.42. The summed E-state index contributed by atoms with van der Waals surface area (Å²) in [4.78, 5) is 38.1. The maximum atomic E-state index is 12.9. The summed E-state index contributed by atoms with van der Waals surface area (Å²) in [6, 6.07) is 8.96. The first-order chi connectivity index (χ1) is 12.7. The standard InChI is InChI=1S/C18H14Cl2FN3O3/c1-18(13-7-2-10(19)8-14(13)20)16(26)24(17(27)23-18)9-15(25)22-12-5-3-11(21)4-6-12/h2-8H,9H2,1H3,(H,22,25)(H,23,27)/t18-/m0/s1. The molecular weight excluding hydrogens is 396 g/mol. The highest BCUT2D eigenvalue weighted by Crippen LogP contribution is 2.34. The smallest absolute Gasteiger partial charge is 0.325 e. The van der Waals surface area contributed by atoms with Crippen LogP contribution in [0, 0.1) is 5.82 Å². The lowest BCUT2D eigenvalue weighted by Crippen LogP contribution is -2.42. The average molecular weight is 410 g/mol. The summed E-state index contributed by atoms with van der Waals surface area (Å²) in [5.74, 6) is -1.67. The normalized spacial score (nSPS) is 19.2. The molecule has 2 aromatic rings. The number of hydrogen-bond donors (Lipinski definition) is 2. The molecule has 4 amide bonds. The SMILES string of the molecule is C[C@@]1(c2ccc(Cl)cc2Cl)NC(=O)N(CC(=O)Nc2ccc(F)cc2)C1=O. The fourth-order valence-corrected chi connectivity index (χ4v) is 3.39. The number of carbonyl (C=O) groups excluding carboxylic acids is 3. The van der Waals surface area contributed by atoms with Crippen molar-refractivity contribution in [2.45, 2.75) is 12.5 Å². The number of rotatable bonds is 4. The van der Waals surface area contributed by atoms with E-state index in [1.54, 1.807) is 12.1 Å². The van der Waals surface area contributed by atoms with Crippen molar-refractivity contribution in [3.63, 3.8) is 0 Å². The Hall–Kier alpha value is -2.64. The number of urea groups is 1. The zero-order chi connectivity index (χ0) is 19.8. The molecule has 0 aromatic heterocycles. The number of amides is 4. The van der Waals surface area contributed by atoms with E-state index in [1.165, 1.54) is 37.3 Å². The second kappa shape index (κ2) is 7.17. The van der Waals surface area contributed by atoms with Crippen LogP contribution in [0.25, 0.3) is 0 Å². The highest BCUT2D eigenvalue weighted by atomic mass is 35.5. The highest BCUT2D eigenvalue weighted by Gasteiger charge is 2.50. The van der Waals surface area contributed by atoms with E-state index in [2.05, 4.69) is 10.6 Å². The Labute approximate surface area is 164 Å². The quantitative estimate of drug-likeness (QED) is 0.757. The zero-order valence-electron chi connectivity index (χ0n) is 14.1. The van der Waals surface area contributed by atoms with E-state index >= 15 is 0 Å². The first-order valence-corrected chi connectivity index (χ1v) is 8.61. The summed E-state index contributed by atoms with van der Waals surface area (Å²) in [7, 11) is 0. The van der Waals surface area contributed by atoms with Crippen LogP contribution in [0.1, 0.15) is 12.5 Å². The lowest BCUT2D eigenvalue weighted by molar-refractivity contribution is -0.133. The Morgan fingerprint density at radius 2 is 1.85 bits per heavy atom. The third kappa shape index (κ3) is 3.74. The van der Waals surface area contributed by atoms with Gasteiger partial charge in [0.05, 0.1) is 0 Å². The third-order valence-corrected chi connectivity index (χ3v) is 4.72. The number of anilines is 1. The van der Waals surface area contributed by atoms with Gasteiger partial charge in [-0.2, -0.15) is 0 Å². The fourth-order valence-electron chi connectivity index (χ4n) is 2.80. The van der Waals surface area contributed by atoms with Gasteiger partial charge in [0, 0.05) is 21.3 Å². The largest absolute Gasteiger partial charge is 0.325 e. The predicted octanol–water partition coefficient (Wildman–Crippen LogP) is 3.54. The lowest BCUT2D eigenvalue weighted by Gasteiger charge is -2.23. The van der Waals surface area contributed by atoms with E-state index in [1.807, 2.05) is 0 Å². The molecule has 0 saturated carbocycles. The summed E-state index contributed by atoms with van der Waals surface area (Å²) >= 11 is 12.0. The number of hydrogen-bond acceptors (Lipinski definition) is 3. The molecule has 0 unspecified atom stereocenters. The second-order valence-electron chi connectivity index (χ2n) is 6.13. The van der Waals surface area contributed by atoms with Crippen molar-refractivity contribution >= 4 is 46.7 Å². The third-order valence-electron chi connectivity index (χ3n) is 4.17. The van der Waals surface area contributed by atoms with Crippen LogP contribution in [-0.2, 0) is 15.1 Å². The molecule has 1 aliphatic heterocycles. The van der Waals surface area contributed by atoms with Crippen molar-refractivity contribution < 1.29 is 18.8 Å². The van der Waals surface area contributed by atoms with E-state index in [9.17, 15) is 18.8 Å². The van der Waals surface area contributed by atoms with Crippen LogP contribution in [0.2, 0.25) is 10.0 Å². The summed E-state index contributed by atoms with van der Waals surface area (Å²) in [5, 5.41) is 5.67. The van der Waals surface area contributed by atoms with Crippen LogP contribution in [-0.4, -0.2) is 29.3 Å². The molecule has 1 aliphatic rings. The Bertz CT molecular complexity index is 936. The van der Waals surface area contributed by atoms with Crippen molar-refractivity contribution in [3.8, 4) is 0 Å². The topological polar surface area (TPSA) is 78.5 Å². The second-order valence-corrected chi connectivity index (χ2v) is 6.97. The number of nitrogens with zero attached hydrogens (tertiary/aromatic N) is 1. The molecule has 0 aliphatic carbocycles. The number of halogens is 3. The van der Waals surface area contributed by atoms with Gasteiger partial charge in [0.25, 0.3) is 5.91 Å². The van der Waals surface area contributed by atoms with Crippen LogP contribution in [0.15, 0.2) is 42.5 Å². The first-order valence-electron chi connectivity index (χ1n) is 7.86. The molecule has 1 saturated heterocycles. The van der Waals surface area contributed by atoms with Crippen LogP contribution >= 0.6 is 23.2 Å². The van der Waals surface area contributed by atoms with Gasteiger partial charge in [-0.05, 0) is 43.3 Å². The van der Waals surface area contributed by atoms with Gasteiger partial charge in [-0.15, -0.1) is 0 Å². The van der Waals surface area contributed by atoms with Gasteiger partial charge < -0.3 is 10.6 Å². The summed E-state index contributed by atoms with van der Waals surface area (Å²) < 4.78 is 12.9. The predicted molar refractivity (Wildman–Crippen MR) is 99.1 cm³/mol. The molecule has 1 atom stereocenters. The van der Waals surface area contributed by atoms with Crippen molar-refractivity contribution in [3.05, 3.63) is 63.9 Å². The summed E-state index contributed by atoms with van der Waals surface area (Å²) in [6.45, 7) is 1.00. The van der Waals surface area contributed by atoms with Crippen molar-refractivity contribution in [2.75, 3.05) is 11.9 Å². The number of benzene rings is 2. The van der Waals surface area contributed by atoms with E-state index in [-0.39, 0.29) is 5.02 Å². The minimum Gasteiger partial charge on any atom is -0.325 e. The average Bonchev–Trinajstić information content (AvgIpc) is 2.81. The van der Waals surface area contributed by atoms with Crippen molar-refractivity contribution in [2.24, 2.45) is 0 Å². The molecule has 3 rings (SSSR count). The lowest BCUT2D eigenvalue weighted by atomic mass is 9.92. The Morgan fingerprint density at radius 1 is 1.19 bits per heavy atom. The molecule has 9 heteroatoms. The van der Waals surface area contributed by atoms with Gasteiger partial charge in [-0.1, -0.05) is 29.3 Å². The van der Waals surface area contributed by atoms with Crippen LogP contribution in [0.5, 0.6) is 0 Å². The maximum absolute atomic E-state index is 12.9. The van der Waals surface area contributed by atoms with Gasteiger partial charge in [0.15, 0.2) is 0 Å². The molecule has 1 heterocycles. The first kappa shape index (κ1) is 19.1. The van der Waals surface area contributed by atoms with Crippen molar-refractivity contribution in [1.29, 1.82) is 0 Å². The maximum Gasteiger partial charge on any atom is 0.325 e. The highest BCUT2D eigenvalue weighted by molar-refractivity contribution is 6.35. The summed E-state index contributed by atoms with van der Waals surface area (Å²) in [5.41, 5.74) is -0.708. The molecule has 0 bridgehead atoms. The fraction of sp³-hybridized carbons (Fsp3) is 0.167. The molecule has 27 heavy (non-hydrogen) atoms. The number of carbonyl (C=O) groups is 3. The number of imide groups is 1. The van der Waals surface area contributed by atoms with E-state index in [4.69, 9.17) is 23.2 Å². The van der Waals surface area contributed by atoms with Crippen LogP contribution in [0.4, 0.5) is 14.9 Å². The molecule has 0 spiro atoms. The van der Waals surface area contributed by atoms with Gasteiger partial charge in [-0.25, -0.2) is 9.18 Å². The molecule has 0 radical (unpaired) electrons. The van der Waals surface area contributed by atoms with Crippen LogP contribution in [0.3, 0.4) is 0 Å². The summed E-state index contributed by atoms with van der Waals surface area (Å²) in [6.07, 6.45) is 0. The minimum absolute atomic E-state index is 0.219. The van der Waals surface area contributed by atoms with Gasteiger partial charge in [0.2, 0.25) is 5.91 Å². The molecule has 6 nitrogen and oxygen atoms in total. The zero-order valence-corrected chi connectivity index (χ0v) is 15.6. The van der Waals surface area contributed by atoms with Gasteiger partial charge >= 0.3 is 6.03 Å². The monoisotopic (exact) mass is 409 g/mol. The molecule has 2 N–H and O–H groups in total. The van der Waals surface area contributed by atoms with E-state index in [0.29, 0.717) is 16.3 Å². The number of nitrogens with one attached hydrogen (secondary N) is 2. The van der Waals surface area contributed by atoms with Gasteiger partial charge in [0.1, 0.15) is 17.9 Å². The van der Waals surface area contributed by atoms with E-state index < -0.39 is 35.7 Å². The van der Waals surface area contributed by atoms with Crippen LogP contribution < -0.4 is 10.6 Å². The Kier molecular flexibility index (Phi) is 5.08.